The Labute approximate surface area is 191 Å². The van der Waals surface area contributed by atoms with Crippen molar-refractivity contribution in [3.8, 4) is 5.75 Å². The molecule has 0 amide bonds. The molecule has 0 radical (unpaired) electrons. The Morgan fingerprint density at radius 2 is 1.75 bits per heavy atom. The van der Waals surface area contributed by atoms with Crippen LogP contribution in [0.4, 0.5) is 0 Å². The lowest BCUT2D eigenvalue weighted by atomic mass is 9.49. The Hall–Kier alpha value is -2.30. The summed E-state index contributed by atoms with van der Waals surface area (Å²) >= 11 is 0. The summed E-state index contributed by atoms with van der Waals surface area (Å²) < 4.78 is 0. The number of nitrogens with one attached hydrogen (secondary N) is 2. The first-order valence-corrected chi connectivity index (χ1v) is 12.4. The molecule has 2 bridgehead atoms. The summed E-state index contributed by atoms with van der Waals surface area (Å²) in [6, 6.07) is 14.2. The topological polar surface area (TPSA) is 68.3 Å². The van der Waals surface area contributed by atoms with E-state index in [-0.39, 0.29) is 6.04 Å². The van der Waals surface area contributed by atoms with Gasteiger partial charge in [-0.3, -0.25) is 0 Å². The number of hydrogen-bond donors (Lipinski definition) is 4. The number of piperidine rings is 1. The first-order valence-electron chi connectivity index (χ1n) is 12.4. The SMILES string of the molecule is CC.CC1CC1.Oc1cccc2c1C13CCNC(C2)C1(O)Cc1c([nH]c2ccccc12)C3. The highest BCUT2D eigenvalue weighted by molar-refractivity contribution is 5.85. The molecule has 2 aromatic carbocycles. The summed E-state index contributed by atoms with van der Waals surface area (Å²) in [5, 5.41) is 27.6. The highest BCUT2D eigenvalue weighted by atomic mass is 16.3. The van der Waals surface area contributed by atoms with Crippen molar-refractivity contribution < 1.29 is 10.2 Å². The minimum absolute atomic E-state index is 0.0207. The predicted molar refractivity (Wildman–Crippen MR) is 130 cm³/mol. The Morgan fingerprint density at radius 3 is 2.50 bits per heavy atom. The van der Waals surface area contributed by atoms with E-state index in [1.54, 1.807) is 6.07 Å². The molecule has 2 heterocycles. The van der Waals surface area contributed by atoms with E-state index in [1.807, 2.05) is 26.0 Å². The van der Waals surface area contributed by atoms with Crippen LogP contribution in [-0.2, 0) is 24.7 Å². The zero-order chi connectivity index (χ0) is 22.5. The Morgan fingerprint density at radius 1 is 1.00 bits per heavy atom. The highest BCUT2D eigenvalue weighted by Gasteiger charge is 2.63. The lowest BCUT2D eigenvalue weighted by Gasteiger charge is -2.60. The van der Waals surface area contributed by atoms with Crippen LogP contribution in [0.15, 0.2) is 42.5 Å². The molecule has 3 unspecified atom stereocenters. The van der Waals surface area contributed by atoms with Gasteiger partial charge in [-0.15, -0.1) is 0 Å². The number of hydrogen-bond acceptors (Lipinski definition) is 3. The third-order valence-electron chi connectivity index (χ3n) is 8.07. The van der Waals surface area contributed by atoms with Crippen LogP contribution in [-0.4, -0.2) is 33.4 Å². The molecule has 3 aliphatic carbocycles. The standard InChI is InChI=1S/C22H22N2O2.C4H8.C2H6/c25-18-7-3-4-13-10-19-22(26)11-15-14-5-1-2-6-16(14)24-17(15)12-21(22,20(13)18)8-9-23-19;1-4-2-3-4;1-2/h1-7,19,23-26H,8-12H2;4H,2-3H2,1H3;1-2H3. The van der Waals surface area contributed by atoms with Gasteiger partial charge in [0.25, 0.3) is 0 Å². The fourth-order valence-corrected chi connectivity index (χ4v) is 6.26. The maximum absolute atomic E-state index is 12.1. The van der Waals surface area contributed by atoms with Gasteiger partial charge in [-0.1, -0.05) is 63.9 Å². The number of rotatable bonds is 0. The van der Waals surface area contributed by atoms with E-state index < -0.39 is 11.0 Å². The lowest BCUT2D eigenvalue weighted by Crippen LogP contribution is -2.73. The van der Waals surface area contributed by atoms with Crippen LogP contribution >= 0.6 is 0 Å². The second-order valence-corrected chi connectivity index (χ2v) is 9.94. The van der Waals surface area contributed by atoms with Gasteiger partial charge in [-0.25, -0.2) is 0 Å². The molecule has 4 N–H and O–H groups in total. The molecule has 32 heavy (non-hydrogen) atoms. The maximum atomic E-state index is 12.1. The van der Waals surface area contributed by atoms with Gasteiger partial charge < -0.3 is 20.5 Å². The molecular weight excluding hydrogens is 396 g/mol. The van der Waals surface area contributed by atoms with Crippen LogP contribution in [0.1, 0.15) is 62.4 Å². The van der Waals surface area contributed by atoms with Crippen molar-refractivity contribution in [1.29, 1.82) is 0 Å². The van der Waals surface area contributed by atoms with E-state index in [4.69, 9.17) is 0 Å². The van der Waals surface area contributed by atoms with Gasteiger partial charge in [0.15, 0.2) is 0 Å². The third-order valence-corrected chi connectivity index (χ3v) is 8.07. The normalized spacial score (nSPS) is 29.4. The van der Waals surface area contributed by atoms with Crippen molar-refractivity contribution in [3.63, 3.8) is 0 Å². The van der Waals surface area contributed by atoms with Crippen LogP contribution < -0.4 is 5.32 Å². The van der Waals surface area contributed by atoms with E-state index in [1.165, 1.54) is 35.0 Å². The van der Waals surface area contributed by atoms with E-state index in [0.717, 1.165) is 42.8 Å². The average Bonchev–Trinajstić information content (AvgIpc) is 3.49. The van der Waals surface area contributed by atoms with Crippen molar-refractivity contribution in [3.05, 3.63) is 64.8 Å². The number of aromatic nitrogens is 1. The Bertz CT molecular complexity index is 1130. The van der Waals surface area contributed by atoms with Crippen molar-refractivity contribution in [2.24, 2.45) is 5.92 Å². The zero-order valence-electron chi connectivity index (χ0n) is 19.5. The summed E-state index contributed by atoms with van der Waals surface area (Å²) in [6.07, 6.45) is 5.94. The summed E-state index contributed by atoms with van der Waals surface area (Å²) in [5.41, 5.74) is 4.43. The summed E-state index contributed by atoms with van der Waals surface area (Å²) in [4.78, 5) is 3.60. The minimum atomic E-state index is -0.880. The van der Waals surface area contributed by atoms with Gasteiger partial charge >= 0.3 is 0 Å². The number of aliphatic hydroxyl groups is 1. The molecule has 1 saturated carbocycles. The third kappa shape index (κ3) is 3.11. The van der Waals surface area contributed by atoms with E-state index in [9.17, 15) is 10.2 Å². The quantitative estimate of drug-likeness (QED) is 0.404. The van der Waals surface area contributed by atoms with Crippen molar-refractivity contribution >= 4 is 10.9 Å². The summed E-state index contributed by atoms with van der Waals surface area (Å²) in [5.74, 6) is 1.42. The number of para-hydroxylation sites is 1. The second-order valence-electron chi connectivity index (χ2n) is 9.94. The molecule has 3 atom stereocenters. The lowest BCUT2D eigenvalue weighted by molar-refractivity contribution is -0.106. The van der Waals surface area contributed by atoms with Crippen LogP contribution in [0.25, 0.3) is 10.9 Å². The maximum Gasteiger partial charge on any atom is 0.119 e. The second kappa shape index (κ2) is 7.93. The Kier molecular flexibility index (Phi) is 5.34. The van der Waals surface area contributed by atoms with Crippen LogP contribution in [0, 0.1) is 5.92 Å². The molecule has 1 aromatic heterocycles. The summed E-state index contributed by atoms with van der Waals surface area (Å²) in [6.45, 7) is 7.15. The predicted octanol–water partition coefficient (Wildman–Crippen LogP) is 5.00. The van der Waals surface area contributed by atoms with Crippen LogP contribution in [0.5, 0.6) is 5.75 Å². The molecule has 1 aliphatic heterocycles. The van der Waals surface area contributed by atoms with Crippen molar-refractivity contribution in [1.82, 2.24) is 10.3 Å². The number of phenolic OH excluding ortho intramolecular Hbond substituents is 1. The van der Waals surface area contributed by atoms with Crippen molar-refractivity contribution in [2.45, 2.75) is 76.4 Å². The number of fused-ring (bicyclic) bond motifs is 4. The van der Waals surface area contributed by atoms with Crippen LogP contribution in [0.2, 0.25) is 0 Å². The van der Waals surface area contributed by atoms with Gasteiger partial charge in [-0.2, -0.15) is 0 Å². The largest absolute Gasteiger partial charge is 0.508 e. The van der Waals surface area contributed by atoms with E-state index in [0.29, 0.717) is 12.2 Å². The zero-order valence-corrected chi connectivity index (χ0v) is 19.5. The average molecular weight is 433 g/mol. The fraction of sp³-hybridized carbons (Fsp3) is 0.500. The first kappa shape index (κ1) is 21.5. The molecule has 2 fully saturated rings. The molecule has 1 saturated heterocycles. The number of benzene rings is 2. The van der Waals surface area contributed by atoms with E-state index in [2.05, 4.69) is 41.5 Å². The van der Waals surface area contributed by atoms with Gasteiger partial charge in [0.2, 0.25) is 0 Å². The molecule has 4 nitrogen and oxygen atoms in total. The smallest absolute Gasteiger partial charge is 0.119 e. The Balaban J connectivity index is 0.000000321. The number of aromatic amines is 1. The number of phenols is 1. The molecule has 3 aromatic rings. The monoisotopic (exact) mass is 432 g/mol. The van der Waals surface area contributed by atoms with Gasteiger partial charge in [0.1, 0.15) is 5.75 Å². The van der Waals surface area contributed by atoms with E-state index >= 15 is 0 Å². The first-order chi connectivity index (χ1) is 15.5. The molecular formula is C28H36N2O2. The molecule has 170 valence electrons. The number of aromatic hydroxyl groups is 1. The highest BCUT2D eigenvalue weighted by Crippen LogP contribution is 2.57. The molecule has 4 heteroatoms. The minimum Gasteiger partial charge on any atom is -0.508 e. The number of H-pyrrole nitrogens is 1. The van der Waals surface area contributed by atoms with Crippen molar-refractivity contribution in [2.75, 3.05) is 6.54 Å². The fourth-order valence-electron chi connectivity index (χ4n) is 6.26. The van der Waals surface area contributed by atoms with Gasteiger partial charge in [0, 0.05) is 46.5 Å². The van der Waals surface area contributed by atoms with Crippen LogP contribution in [0.3, 0.4) is 0 Å². The molecule has 7 rings (SSSR count). The molecule has 0 spiro atoms. The molecule has 4 aliphatic rings. The summed E-state index contributed by atoms with van der Waals surface area (Å²) in [7, 11) is 0. The van der Waals surface area contributed by atoms with Gasteiger partial charge in [-0.05, 0) is 48.6 Å². The van der Waals surface area contributed by atoms with Gasteiger partial charge in [0.05, 0.1) is 5.60 Å².